The SMILES string of the molecule is C#CCOCCC(C)(S)OCCC(C)(C)OCCOC1CCCCO1. The van der Waals surface area contributed by atoms with Gasteiger partial charge in [-0.25, -0.2) is 0 Å². The van der Waals surface area contributed by atoms with Crippen molar-refractivity contribution in [3.05, 3.63) is 0 Å². The fraction of sp³-hybridized carbons (Fsp3) is 0.895. The molecular formula is C19H34O5S. The first-order valence-corrected chi connectivity index (χ1v) is 9.54. The van der Waals surface area contributed by atoms with E-state index in [0.29, 0.717) is 39.5 Å². The molecule has 0 aromatic heterocycles. The zero-order valence-electron chi connectivity index (χ0n) is 15.9. The number of rotatable bonds is 13. The first kappa shape index (κ1) is 22.8. The monoisotopic (exact) mass is 374 g/mol. The Balaban J connectivity index is 2.09. The molecule has 0 amide bonds. The summed E-state index contributed by atoms with van der Waals surface area (Å²) in [5.41, 5.74) is -0.277. The van der Waals surface area contributed by atoms with E-state index in [1.165, 1.54) is 6.42 Å². The third-order valence-corrected chi connectivity index (χ3v) is 4.38. The zero-order chi connectivity index (χ0) is 18.6. The van der Waals surface area contributed by atoms with Gasteiger partial charge in [0.1, 0.15) is 11.5 Å². The zero-order valence-corrected chi connectivity index (χ0v) is 16.8. The Morgan fingerprint density at radius 1 is 1.08 bits per heavy atom. The molecule has 0 aromatic rings. The maximum atomic E-state index is 5.92. The van der Waals surface area contributed by atoms with Crippen LogP contribution in [0.1, 0.15) is 52.9 Å². The molecule has 2 atom stereocenters. The van der Waals surface area contributed by atoms with E-state index in [9.17, 15) is 0 Å². The van der Waals surface area contributed by atoms with Gasteiger partial charge in [0.2, 0.25) is 0 Å². The molecule has 0 saturated carbocycles. The lowest BCUT2D eigenvalue weighted by molar-refractivity contribution is -0.176. The quantitative estimate of drug-likeness (QED) is 0.232. The van der Waals surface area contributed by atoms with Gasteiger partial charge in [0.15, 0.2) is 6.29 Å². The van der Waals surface area contributed by atoms with Gasteiger partial charge in [0, 0.05) is 13.0 Å². The van der Waals surface area contributed by atoms with Crippen LogP contribution in [-0.2, 0) is 23.7 Å². The van der Waals surface area contributed by atoms with E-state index in [4.69, 9.17) is 30.1 Å². The Hall–Kier alpha value is -0.290. The Morgan fingerprint density at radius 3 is 2.56 bits per heavy atom. The van der Waals surface area contributed by atoms with Crippen molar-refractivity contribution >= 4 is 12.6 Å². The molecule has 0 aromatic carbocycles. The Morgan fingerprint density at radius 2 is 1.88 bits per heavy atom. The van der Waals surface area contributed by atoms with E-state index < -0.39 is 4.93 Å². The molecule has 0 N–H and O–H groups in total. The summed E-state index contributed by atoms with van der Waals surface area (Å²) >= 11 is 4.53. The van der Waals surface area contributed by atoms with Gasteiger partial charge in [-0.1, -0.05) is 5.92 Å². The third-order valence-electron chi connectivity index (χ3n) is 4.03. The largest absolute Gasteiger partial charge is 0.373 e. The Bertz CT molecular complexity index is 386. The van der Waals surface area contributed by atoms with Crippen molar-refractivity contribution < 1.29 is 23.7 Å². The average Bonchev–Trinajstić information content (AvgIpc) is 2.56. The summed E-state index contributed by atoms with van der Waals surface area (Å²) in [6.07, 6.45) is 9.80. The summed E-state index contributed by atoms with van der Waals surface area (Å²) in [6, 6.07) is 0. The average molecular weight is 375 g/mol. The number of thiol groups is 1. The summed E-state index contributed by atoms with van der Waals surface area (Å²) < 4.78 is 28.2. The lowest BCUT2D eigenvalue weighted by atomic mass is 10.1. The highest BCUT2D eigenvalue weighted by atomic mass is 32.1. The fourth-order valence-corrected chi connectivity index (χ4v) is 2.58. The van der Waals surface area contributed by atoms with E-state index in [1.807, 2.05) is 6.92 Å². The van der Waals surface area contributed by atoms with Gasteiger partial charge in [0.25, 0.3) is 0 Å². The minimum absolute atomic E-state index is 0.0645. The van der Waals surface area contributed by atoms with Crippen LogP contribution in [0, 0.1) is 12.3 Å². The highest BCUT2D eigenvalue weighted by molar-refractivity contribution is 7.81. The lowest BCUT2D eigenvalue weighted by Crippen LogP contribution is -2.32. The fourth-order valence-electron chi connectivity index (χ4n) is 2.39. The first-order valence-electron chi connectivity index (χ1n) is 9.09. The molecule has 0 bridgehead atoms. The summed E-state index contributed by atoms with van der Waals surface area (Å²) in [5, 5.41) is 0. The smallest absolute Gasteiger partial charge is 0.157 e. The first-order chi connectivity index (χ1) is 11.8. The van der Waals surface area contributed by atoms with Gasteiger partial charge in [-0.05, 0) is 46.5 Å². The minimum atomic E-state index is -0.536. The second-order valence-electron chi connectivity index (χ2n) is 7.06. The van der Waals surface area contributed by atoms with Crippen molar-refractivity contribution in [2.75, 3.05) is 39.6 Å². The molecular weight excluding hydrogens is 340 g/mol. The summed E-state index contributed by atoms with van der Waals surface area (Å²) in [6.45, 7) is 9.35. The molecule has 0 spiro atoms. The van der Waals surface area contributed by atoms with Crippen molar-refractivity contribution in [3.63, 3.8) is 0 Å². The third kappa shape index (κ3) is 11.8. The molecule has 1 heterocycles. The molecule has 0 aliphatic carbocycles. The van der Waals surface area contributed by atoms with Gasteiger partial charge in [0.05, 0.1) is 32.0 Å². The molecule has 25 heavy (non-hydrogen) atoms. The maximum absolute atomic E-state index is 5.92. The van der Waals surface area contributed by atoms with E-state index in [0.717, 1.165) is 25.9 Å². The molecule has 6 heteroatoms. The predicted octanol–water partition coefficient (Wildman–Crippen LogP) is 3.42. The molecule has 0 radical (unpaired) electrons. The second-order valence-corrected chi connectivity index (χ2v) is 8.00. The minimum Gasteiger partial charge on any atom is -0.373 e. The molecule has 5 nitrogen and oxygen atoms in total. The van der Waals surface area contributed by atoms with Crippen LogP contribution in [0.15, 0.2) is 0 Å². The van der Waals surface area contributed by atoms with E-state index in [1.54, 1.807) is 0 Å². The Kier molecular flexibility index (Phi) is 11.1. The van der Waals surface area contributed by atoms with Crippen molar-refractivity contribution in [2.24, 2.45) is 0 Å². The molecule has 146 valence electrons. The van der Waals surface area contributed by atoms with Gasteiger partial charge >= 0.3 is 0 Å². The topological polar surface area (TPSA) is 46.2 Å². The van der Waals surface area contributed by atoms with Crippen LogP contribution in [0.5, 0.6) is 0 Å². The van der Waals surface area contributed by atoms with Crippen molar-refractivity contribution in [3.8, 4) is 12.3 Å². The molecule has 2 unspecified atom stereocenters. The van der Waals surface area contributed by atoms with Crippen LogP contribution in [0.2, 0.25) is 0 Å². The second kappa shape index (κ2) is 12.2. The standard InChI is InChI=1S/C19H34O5S/c1-5-11-20-13-10-19(4,25)24-14-9-18(2,3)23-16-15-22-17-8-6-7-12-21-17/h1,17,25H,6-16H2,2-4H3. The summed E-state index contributed by atoms with van der Waals surface area (Å²) in [4.78, 5) is -0.536. The summed E-state index contributed by atoms with van der Waals surface area (Å²) in [5.74, 6) is 2.44. The highest BCUT2D eigenvalue weighted by Gasteiger charge is 2.23. The van der Waals surface area contributed by atoms with Crippen molar-refractivity contribution in [1.29, 1.82) is 0 Å². The lowest BCUT2D eigenvalue weighted by Gasteiger charge is -2.29. The van der Waals surface area contributed by atoms with Crippen molar-refractivity contribution in [2.45, 2.75) is 69.7 Å². The van der Waals surface area contributed by atoms with Gasteiger partial charge < -0.3 is 23.7 Å². The van der Waals surface area contributed by atoms with Crippen LogP contribution < -0.4 is 0 Å². The van der Waals surface area contributed by atoms with Gasteiger partial charge in [-0.3, -0.25) is 0 Å². The van der Waals surface area contributed by atoms with Gasteiger partial charge in [-0.2, -0.15) is 0 Å². The van der Waals surface area contributed by atoms with Crippen molar-refractivity contribution in [1.82, 2.24) is 0 Å². The van der Waals surface area contributed by atoms with Crippen LogP contribution in [0.3, 0.4) is 0 Å². The van der Waals surface area contributed by atoms with Crippen LogP contribution in [0.25, 0.3) is 0 Å². The van der Waals surface area contributed by atoms with Gasteiger partial charge in [-0.15, -0.1) is 19.1 Å². The Labute approximate surface area is 158 Å². The molecule has 1 aliphatic heterocycles. The number of hydrogen-bond donors (Lipinski definition) is 1. The predicted molar refractivity (Wildman–Crippen MR) is 102 cm³/mol. The maximum Gasteiger partial charge on any atom is 0.157 e. The molecule has 1 fully saturated rings. The van der Waals surface area contributed by atoms with Crippen LogP contribution in [-0.4, -0.2) is 56.5 Å². The van der Waals surface area contributed by atoms with Crippen LogP contribution >= 0.6 is 12.6 Å². The number of ether oxygens (including phenoxy) is 5. The van der Waals surface area contributed by atoms with E-state index in [2.05, 4.69) is 32.4 Å². The number of terminal acetylenes is 1. The summed E-state index contributed by atoms with van der Waals surface area (Å²) in [7, 11) is 0. The van der Waals surface area contributed by atoms with E-state index >= 15 is 0 Å². The molecule has 1 aliphatic rings. The number of hydrogen-bond acceptors (Lipinski definition) is 6. The van der Waals surface area contributed by atoms with E-state index in [-0.39, 0.29) is 11.9 Å². The molecule has 1 rings (SSSR count). The highest BCUT2D eigenvalue weighted by Crippen LogP contribution is 2.23. The van der Waals surface area contributed by atoms with Crippen LogP contribution in [0.4, 0.5) is 0 Å². The molecule has 1 saturated heterocycles. The normalized spacial score (nSPS) is 20.8.